The van der Waals surface area contributed by atoms with E-state index in [1.165, 1.54) is 4.40 Å². The standard InChI is InChI=1S/C12H16N4O2/c1-12(2,3)13-10(17)8-16-11(18)15-7-5-4-6-9(15)14-16/h4-7H,8H2,1-3H3,(H,13,17). The van der Waals surface area contributed by atoms with Crippen molar-refractivity contribution in [3.05, 3.63) is 34.9 Å². The number of hydrogen-bond donors (Lipinski definition) is 1. The number of nitrogens with one attached hydrogen (secondary N) is 1. The molecule has 0 fully saturated rings. The molecule has 0 unspecified atom stereocenters. The maximum absolute atomic E-state index is 11.9. The summed E-state index contributed by atoms with van der Waals surface area (Å²) < 4.78 is 2.57. The Kier molecular flexibility index (Phi) is 2.94. The molecule has 0 atom stereocenters. The zero-order chi connectivity index (χ0) is 13.3. The van der Waals surface area contributed by atoms with Crippen LogP contribution >= 0.6 is 0 Å². The molecule has 1 N–H and O–H groups in total. The number of fused-ring (bicyclic) bond motifs is 1. The molecule has 2 heterocycles. The van der Waals surface area contributed by atoms with E-state index in [0.29, 0.717) is 5.65 Å². The fourth-order valence-electron chi connectivity index (χ4n) is 1.66. The number of carbonyl (C=O) groups is 1. The molecule has 96 valence electrons. The Morgan fingerprint density at radius 2 is 2.11 bits per heavy atom. The Morgan fingerprint density at radius 1 is 1.39 bits per heavy atom. The normalized spacial score (nSPS) is 11.7. The Morgan fingerprint density at radius 3 is 2.72 bits per heavy atom. The monoisotopic (exact) mass is 248 g/mol. The van der Waals surface area contributed by atoms with Crippen LogP contribution in [0.25, 0.3) is 5.65 Å². The van der Waals surface area contributed by atoms with Crippen LogP contribution in [0.1, 0.15) is 20.8 Å². The van der Waals surface area contributed by atoms with Gasteiger partial charge in [-0.15, -0.1) is 5.10 Å². The molecule has 0 spiro atoms. The topological polar surface area (TPSA) is 68.4 Å². The molecule has 6 nitrogen and oxygen atoms in total. The van der Waals surface area contributed by atoms with Crippen molar-refractivity contribution in [1.29, 1.82) is 0 Å². The number of rotatable bonds is 2. The summed E-state index contributed by atoms with van der Waals surface area (Å²) in [5, 5.41) is 6.88. The molecule has 1 amide bonds. The van der Waals surface area contributed by atoms with E-state index in [9.17, 15) is 9.59 Å². The number of amides is 1. The summed E-state index contributed by atoms with van der Waals surface area (Å²) in [6.45, 7) is 5.59. The lowest BCUT2D eigenvalue weighted by atomic mass is 10.1. The minimum atomic E-state index is -0.320. The third kappa shape index (κ3) is 2.58. The summed E-state index contributed by atoms with van der Waals surface area (Å²) in [5.74, 6) is -0.229. The van der Waals surface area contributed by atoms with Gasteiger partial charge in [-0.2, -0.15) is 0 Å². The summed E-state index contributed by atoms with van der Waals surface area (Å²) in [4.78, 5) is 23.6. The lowest BCUT2D eigenvalue weighted by Crippen LogP contribution is -2.43. The van der Waals surface area contributed by atoms with Crippen LogP contribution in [-0.4, -0.2) is 25.6 Å². The number of pyridine rings is 1. The van der Waals surface area contributed by atoms with E-state index < -0.39 is 0 Å². The van der Waals surface area contributed by atoms with Gasteiger partial charge in [-0.25, -0.2) is 9.48 Å². The highest BCUT2D eigenvalue weighted by Crippen LogP contribution is 1.99. The van der Waals surface area contributed by atoms with Crippen LogP contribution in [0.4, 0.5) is 0 Å². The summed E-state index contributed by atoms with van der Waals surface area (Å²) in [7, 11) is 0. The van der Waals surface area contributed by atoms with Gasteiger partial charge in [0.25, 0.3) is 0 Å². The van der Waals surface area contributed by atoms with Gasteiger partial charge < -0.3 is 5.32 Å². The Labute approximate surface area is 104 Å². The number of aromatic nitrogens is 3. The largest absolute Gasteiger partial charge is 0.350 e. The van der Waals surface area contributed by atoms with Gasteiger partial charge in [0, 0.05) is 11.7 Å². The minimum Gasteiger partial charge on any atom is -0.350 e. The molecule has 0 saturated heterocycles. The predicted molar refractivity (Wildman–Crippen MR) is 67.3 cm³/mol. The van der Waals surface area contributed by atoms with Gasteiger partial charge in [0.05, 0.1) is 0 Å². The number of nitrogens with zero attached hydrogens (tertiary/aromatic N) is 3. The Bertz CT molecular complexity index is 633. The van der Waals surface area contributed by atoms with E-state index in [0.717, 1.165) is 4.68 Å². The molecule has 0 aliphatic rings. The van der Waals surface area contributed by atoms with Crippen LogP contribution in [0, 0.1) is 0 Å². The first kappa shape index (κ1) is 12.3. The molecule has 2 aromatic heterocycles. The van der Waals surface area contributed by atoms with Gasteiger partial charge in [0.2, 0.25) is 5.91 Å². The van der Waals surface area contributed by atoms with Crippen molar-refractivity contribution < 1.29 is 4.79 Å². The third-order valence-electron chi connectivity index (χ3n) is 2.30. The smallest absolute Gasteiger partial charge is 0.350 e. The summed E-state index contributed by atoms with van der Waals surface area (Å²) in [6.07, 6.45) is 1.63. The molecule has 0 aromatic carbocycles. The molecule has 0 aliphatic heterocycles. The average Bonchev–Trinajstić information content (AvgIpc) is 2.54. The summed E-state index contributed by atoms with van der Waals surface area (Å²) >= 11 is 0. The second-order valence-electron chi connectivity index (χ2n) is 5.17. The molecular weight excluding hydrogens is 232 g/mol. The lowest BCUT2D eigenvalue weighted by Gasteiger charge is -2.20. The first-order valence-corrected chi connectivity index (χ1v) is 5.72. The van der Waals surface area contributed by atoms with Gasteiger partial charge >= 0.3 is 5.69 Å². The van der Waals surface area contributed by atoms with Crippen molar-refractivity contribution in [3.63, 3.8) is 0 Å². The first-order valence-electron chi connectivity index (χ1n) is 5.72. The Hall–Kier alpha value is -2.11. The van der Waals surface area contributed by atoms with E-state index in [2.05, 4.69) is 10.4 Å². The van der Waals surface area contributed by atoms with Gasteiger partial charge in [0.15, 0.2) is 5.65 Å². The van der Waals surface area contributed by atoms with Crippen LogP contribution < -0.4 is 11.0 Å². The third-order valence-corrected chi connectivity index (χ3v) is 2.30. The first-order chi connectivity index (χ1) is 8.37. The van der Waals surface area contributed by atoms with E-state index >= 15 is 0 Å². The zero-order valence-electron chi connectivity index (χ0n) is 10.7. The molecule has 0 bridgehead atoms. The van der Waals surface area contributed by atoms with Gasteiger partial charge in [-0.05, 0) is 32.9 Å². The highest BCUT2D eigenvalue weighted by molar-refractivity contribution is 5.76. The average molecular weight is 248 g/mol. The quantitative estimate of drug-likeness (QED) is 0.837. The van der Waals surface area contributed by atoms with Crippen molar-refractivity contribution >= 4 is 11.6 Å². The van der Waals surface area contributed by atoms with Gasteiger partial charge in [-0.3, -0.25) is 9.20 Å². The molecule has 18 heavy (non-hydrogen) atoms. The molecule has 6 heteroatoms. The SMILES string of the molecule is CC(C)(C)NC(=O)Cn1nc2ccccn2c1=O. The summed E-state index contributed by atoms with van der Waals surface area (Å²) in [6, 6.07) is 5.26. The fraction of sp³-hybridized carbons (Fsp3) is 0.417. The number of carbonyl (C=O) groups excluding carboxylic acids is 1. The van der Waals surface area contributed by atoms with Crippen LogP contribution in [0.2, 0.25) is 0 Å². The van der Waals surface area contributed by atoms with Gasteiger partial charge in [0.1, 0.15) is 6.54 Å². The molecule has 0 aliphatic carbocycles. The molecule has 2 rings (SSSR count). The maximum atomic E-state index is 11.9. The maximum Gasteiger partial charge on any atom is 0.350 e. The number of hydrogen-bond acceptors (Lipinski definition) is 3. The van der Waals surface area contributed by atoms with E-state index in [-0.39, 0.29) is 23.7 Å². The molecular formula is C12H16N4O2. The highest BCUT2D eigenvalue weighted by Gasteiger charge is 2.16. The summed E-state index contributed by atoms with van der Waals surface area (Å²) in [5.41, 5.74) is -0.0967. The second-order valence-corrected chi connectivity index (χ2v) is 5.17. The van der Waals surface area contributed by atoms with E-state index in [4.69, 9.17) is 0 Å². The fourth-order valence-corrected chi connectivity index (χ4v) is 1.66. The minimum absolute atomic E-state index is 0.0716. The molecule has 0 saturated carbocycles. The van der Waals surface area contributed by atoms with Crippen molar-refractivity contribution in [1.82, 2.24) is 19.5 Å². The van der Waals surface area contributed by atoms with E-state index in [1.54, 1.807) is 24.4 Å². The van der Waals surface area contributed by atoms with E-state index in [1.807, 2.05) is 20.8 Å². The Balaban J connectivity index is 2.25. The van der Waals surface area contributed by atoms with Crippen LogP contribution in [0.15, 0.2) is 29.2 Å². The van der Waals surface area contributed by atoms with Crippen LogP contribution in [0.3, 0.4) is 0 Å². The van der Waals surface area contributed by atoms with Crippen LogP contribution in [0.5, 0.6) is 0 Å². The highest BCUT2D eigenvalue weighted by atomic mass is 16.2. The molecule has 0 radical (unpaired) electrons. The van der Waals surface area contributed by atoms with Crippen molar-refractivity contribution in [3.8, 4) is 0 Å². The zero-order valence-corrected chi connectivity index (χ0v) is 10.7. The molecule has 2 aromatic rings. The van der Waals surface area contributed by atoms with Gasteiger partial charge in [-0.1, -0.05) is 6.07 Å². The lowest BCUT2D eigenvalue weighted by molar-refractivity contribution is -0.123. The second kappa shape index (κ2) is 4.29. The van der Waals surface area contributed by atoms with Crippen LogP contribution in [-0.2, 0) is 11.3 Å². The van der Waals surface area contributed by atoms with Crippen molar-refractivity contribution in [2.24, 2.45) is 0 Å². The van der Waals surface area contributed by atoms with Crippen molar-refractivity contribution in [2.75, 3.05) is 0 Å². The predicted octanol–water partition coefficient (Wildman–Crippen LogP) is 0.411. The van der Waals surface area contributed by atoms with Crippen molar-refractivity contribution in [2.45, 2.75) is 32.9 Å².